The van der Waals surface area contributed by atoms with Crippen LogP contribution in [0.2, 0.25) is 0 Å². The summed E-state index contributed by atoms with van der Waals surface area (Å²) >= 11 is 0. The number of hydrogen-bond acceptors (Lipinski definition) is 2. The fourth-order valence-corrected chi connectivity index (χ4v) is 4.75. The Morgan fingerprint density at radius 3 is 1.81 bits per heavy atom. The first-order valence-corrected chi connectivity index (χ1v) is 7.31. The Balaban J connectivity index is 1.67. The maximum absolute atomic E-state index is 3.83. The van der Waals surface area contributed by atoms with Gasteiger partial charge < -0.3 is 0 Å². The number of rotatable bonds is 4. The second kappa shape index (κ2) is 4.30. The minimum atomic E-state index is 0.813. The zero-order chi connectivity index (χ0) is 11.1. The van der Waals surface area contributed by atoms with Crippen LogP contribution < -0.4 is 5.43 Å². The highest BCUT2D eigenvalue weighted by Gasteiger charge is 2.48. The summed E-state index contributed by atoms with van der Waals surface area (Å²) in [7, 11) is 0. The van der Waals surface area contributed by atoms with E-state index in [0.29, 0.717) is 0 Å². The van der Waals surface area contributed by atoms with Crippen LogP contribution in [0.5, 0.6) is 0 Å². The van der Waals surface area contributed by atoms with Crippen LogP contribution in [0.4, 0.5) is 0 Å². The van der Waals surface area contributed by atoms with Crippen molar-refractivity contribution in [3.05, 3.63) is 0 Å². The van der Waals surface area contributed by atoms with E-state index in [0.717, 1.165) is 42.8 Å². The molecule has 0 aliphatic heterocycles. The average molecular weight is 222 g/mol. The fraction of sp³-hybridized carbons (Fsp3) is 1.00. The highest BCUT2D eigenvalue weighted by Crippen LogP contribution is 2.53. The van der Waals surface area contributed by atoms with Crippen LogP contribution in [-0.4, -0.2) is 24.1 Å². The first kappa shape index (κ1) is 11.0. The van der Waals surface area contributed by atoms with Crippen molar-refractivity contribution < 1.29 is 0 Å². The van der Waals surface area contributed by atoms with Gasteiger partial charge in [0, 0.05) is 19.1 Å². The van der Waals surface area contributed by atoms with Gasteiger partial charge in [0.15, 0.2) is 0 Å². The Kier molecular flexibility index (Phi) is 2.97. The van der Waals surface area contributed by atoms with Crippen LogP contribution in [0.1, 0.15) is 46.0 Å². The molecule has 92 valence electrons. The Labute approximate surface area is 99.7 Å². The van der Waals surface area contributed by atoms with Gasteiger partial charge in [-0.25, -0.2) is 5.01 Å². The van der Waals surface area contributed by atoms with Crippen molar-refractivity contribution in [2.75, 3.05) is 13.1 Å². The number of hydrogen-bond donors (Lipinski definition) is 1. The van der Waals surface area contributed by atoms with E-state index in [9.17, 15) is 0 Å². The van der Waals surface area contributed by atoms with Gasteiger partial charge in [-0.2, -0.15) is 0 Å². The average Bonchev–Trinajstić information content (AvgIpc) is 2.28. The Morgan fingerprint density at radius 2 is 1.38 bits per heavy atom. The van der Waals surface area contributed by atoms with Crippen molar-refractivity contribution in [3.63, 3.8) is 0 Å². The molecule has 4 bridgehead atoms. The van der Waals surface area contributed by atoms with Crippen molar-refractivity contribution >= 4 is 0 Å². The number of nitrogens with one attached hydrogen (secondary N) is 1. The highest BCUT2D eigenvalue weighted by atomic mass is 15.5. The lowest BCUT2D eigenvalue weighted by atomic mass is 9.54. The summed E-state index contributed by atoms with van der Waals surface area (Å²) in [6, 6.07) is 0.813. The Hall–Kier alpha value is -0.0800. The van der Waals surface area contributed by atoms with E-state index in [4.69, 9.17) is 0 Å². The van der Waals surface area contributed by atoms with Gasteiger partial charge in [0.05, 0.1) is 0 Å². The molecule has 0 amide bonds. The summed E-state index contributed by atoms with van der Waals surface area (Å²) in [5.41, 5.74) is 3.83. The molecule has 0 spiro atoms. The molecule has 4 aliphatic rings. The predicted molar refractivity (Wildman–Crippen MR) is 66.9 cm³/mol. The van der Waals surface area contributed by atoms with Gasteiger partial charge in [-0.15, -0.1) is 0 Å². The van der Waals surface area contributed by atoms with E-state index in [2.05, 4.69) is 24.3 Å². The zero-order valence-corrected chi connectivity index (χ0v) is 10.8. The lowest BCUT2D eigenvalue weighted by molar-refractivity contribution is -0.0416. The maximum Gasteiger partial charge on any atom is 0.0272 e. The largest absolute Gasteiger partial charge is 0.252 e. The number of nitrogens with zero attached hydrogens (tertiary/aromatic N) is 1. The summed E-state index contributed by atoms with van der Waals surface area (Å²) in [4.78, 5) is 0. The maximum atomic E-state index is 3.83. The molecule has 0 atom stereocenters. The lowest BCUT2D eigenvalue weighted by Crippen LogP contribution is -2.58. The molecular formula is C14H26N2. The number of hydrazine groups is 1. The molecule has 1 N–H and O–H groups in total. The minimum Gasteiger partial charge on any atom is -0.252 e. The molecule has 0 aromatic rings. The van der Waals surface area contributed by atoms with Crippen molar-refractivity contribution in [3.8, 4) is 0 Å². The second-order valence-electron chi connectivity index (χ2n) is 6.26. The summed E-state index contributed by atoms with van der Waals surface area (Å²) in [6.45, 7) is 6.79. The first-order chi connectivity index (χ1) is 7.80. The topological polar surface area (TPSA) is 15.3 Å². The van der Waals surface area contributed by atoms with Gasteiger partial charge in [-0.1, -0.05) is 13.8 Å². The molecule has 0 aromatic heterocycles. The third-order valence-electron chi connectivity index (χ3n) is 5.32. The summed E-state index contributed by atoms with van der Waals surface area (Å²) in [6.07, 6.45) is 7.64. The van der Waals surface area contributed by atoms with Crippen LogP contribution in [0.15, 0.2) is 0 Å². The van der Waals surface area contributed by atoms with Gasteiger partial charge in [0.25, 0.3) is 0 Å². The molecule has 4 fully saturated rings. The second-order valence-corrected chi connectivity index (χ2v) is 6.26. The normalized spacial score (nSPS) is 45.6. The molecule has 4 saturated carbocycles. The highest BCUT2D eigenvalue weighted by molar-refractivity contribution is 5.00. The van der Waals surface area contributed by atoms with E-state index in [-0.39, 0.29) is 0 Å². The van der Waals surface area contributed by atoms with E-state index < -0.39 is 0 Å². The SMILES string of the molecule is CCN(CC)NC1C2CC3CC(C2)CC1C3. The lowest BCUT2D eigenvalue weighted by Gasteiger charge is -2.55. The Morgan fingerprint density at radius 1 is 0.875 bits per heavy atom. The predicted octanol–water partition coefficient (Wildman–Crippen LogP) is 2.66. The van der Waals surface area contributed by atoms with Crippen LogP contribution in [-0.2, 0) is 0 Å². The van der Waals surface area contributed by atoms with Crippen molar-refractivity contribution in [2.24, 2.45) is 23.7 Å². The monoisotopic (exact) mass is 222 g/mol. The van der Waals surface area contributed by atoms with E-state index in [1.54, 1.807) is 6.42 Å². The van der Waals surface area contributed by atoms with Crippen LogP contribution >= 0.6 is 0 Å². The third-order valence-corrected chi connectivity index (χ3v) is 5.32. The van der Waals surface area contributed by atoms with Gasteiger partial charge in [0.2, 0.25) is 0 Å². The zero-order valence-electron chi connectivity index (χ0n) is 10.8. The molecule has 4 rings (SSSR count). The van der Waals surface area contributed by atoms with Crippen molar-refractivity contribution in [2.45, 2.75) is 52.0 Å². The van der Waals surface area contributed by atoms with E-state index in [1.165, 1.54) is 25.7 Å². The molecule has 0 radical (unpaired) electrons. The van der Waals surface area contributed by atoms with E-state index >= 15 is 0 Å². The smallest absolute Gasteiger partial charge is 0.0272 e. The van der Waals surface area contributed by atoms with Crippen LogP contribution in [0.25, 0.3) is 0 Å². The summed E-state index contributed by atoms with van der Waals surface area (Å²) in [5, 5.41) is 2.41. The van der Waals surface area contributed by atoms with E-state index in [1.807, 2.05) is 0 Å². The van der Waals surface area contributed by atoms with Gasteiger partial charge >= 0.3 is 0 Å². The standard InChI is InChI=1S/C14H26N2/c1-3-16(4-2)15-14-12-6-10-5-11(8-12)9-13(14)7-10/h10-15H,3-9H2,1-2H3. The molecule has 2 nitrogen and oxygen atoms in total. The molecule has 4 aliphatic carbocycles. The molecule has 0 unspecified atom stereocenters. The Bertz CT molecular complexity index is 219. The summed E-state index contributed by atoms with van der Waals surface area (Å²) < 4.78 is 0. The minimum absolute atomic E-state index is 0.813. The molecule has 0 aromatic carbocycles. The van der Waals surface area contributed by atoms with Crippen molar-refractivity contribution in [1.29, 1.82) is 0 Å². The molecule has 16 heavy (non-hydrogen) atoms. The van der Waals surface area contributed by atoms with Gasteiger partial charge in [-0.05, 0) is 55.8 Å². The van der Waals surface area contributed by atoms with Gasteiger partial charge in [0.1, 0.15) is 0 Å². The third kappa shape index (κ3) is 1.80. The van der Waals surface area contributed by atoms with Crippen LogP contribution in [0, 0.1) is 23.7 Å². The first-order valence-electron chi connectivity index (χ1n) is 7.31. The quantitative estimate of drug-likeness (QED) is 0.736. The van der Waals surface area contributed by atoms with Crippen molar-refractivity contribution in [1.82, 2.24) is 10.4 Å². The summed E-state index contributed by atoms with van der Waals surface area (Å²) in [5.74, 6) is 4.18. The fourth-order valence-electron chi connectivity index (χ4n) is 4.75. The van der Waals surface area contributed by atoms with Crippen LogP contribution in [0.3, 0.4) is 0 Å². The molecule has 0 saturated heterocycles. The van der Waals surface area contributed by atoms with Gasteiger partial charge in [-0.3, -0.25) is 5.43 Å². The molecule has 0 heterocycles. The molecule has 2 heteroatoms. The molecular weight excluding hydrogens is 196 g/mol.